The summed E-state index contributed by atoms with van der Waals surface area (Å²) < 4.78 is 11.0. The standard InChI is InChI=1S/C17H15N3O6/c1-25-9-8-20-14(21)7-6-13(18-20)17(24)26-10-19-15(22)11-4-2-3-5-12(11)16(19)23/h2-7H,8-10H2,1H3. The second-order valence-electron chi connectivity index (χ2n) is 5.42. The zero-order valence-corrected chi connectivity index (χ0v) is 13.9. The van der Waals surface area contributed by atoms with Gasteiger partial charge in [-0.1, -0.05) is 12.1 Å². The molecule has 1 aliphatic rings. The molecule has 0 saturated carbocycles. The molecule has 3 rings (SSSR count). The van der Waals surface area contributed by atoms with Crippen LogP contribution in [0.25, 0.3) is 0 Å². The van der Waals surface area contributed by atoms with Crippen LogP contribution in [0.4, 0.5) is 0 Å². The first-order valence-electron chi connectivity index (χ1n) is 7.72. The normalized spacial score (nSPS) is 13.0. The highest BCUT2D eigenvalue weighted by Crippen LogP contribution is 2.22. The van der Waals surface area contributed by atoms with Gasteiger partial charge in [0.15, 0.2) is 12.4 Å². The Balaban J connectivity index is 1.69. The molecule has 1 aliphatic heterocycles. The molecule has 0 bridgehead atoms. The SMILES string of the molecule is COCCn1nc(C(=O)OCN2C(=O)c3ccccc3C2=O)ccc1=O. The van der Waals surface area contributed by atoms with Gasteiger partial charge in [-0.3, -0.25) is 14.4 Å². The van der Waals surface area contributed by atoms with E-state index in [9.17, 15) is 19.2 Å². The molecule has 0 radical (unpaired) electrons. The first-order chi connectivity index (χ1) is 12.5. The van der Waals surface area contributed by atoms with Crippen LogP contribution in [0.3, 0.4) is 0 Å². The van der Waals surface area contributed by atoms with Gasteiger partial charge in [-0.15, -0.1) is 0 Å². The molecule has 2 amide bonds. The van der Waals surface area contributed by atoms with E-state index in [1.54, 1.807) is 12.1 Å². The lowest BCUT2D eigenvalue weighted by atomic mass is 10.1. The number of carbonyl (C=O) groups is 3. The zero-order chi connectivity index (χ0) is 18.7. The van der Waals surface area contributed by atoms with Gasteiger partial charge in [-0.25, -0.2) is 14.4 Å². The molecule has 0 atom stereocenters. The van der Waals surface area contributed by atoms with Gasteiger partial charge < -0.3 is 9.47 Å². The number of rotatable bonds is 6. The van der Waals surface area contributed by atoms with Crippen molar-refractivity contribution in [2.45, 2.75) is 6.54 Å². The number of imide groups is 1. The molecule has 0 N–H and O–H groups in total. The monoisotopic (exact) mass is 357 g/mol. The molecule has 2 aromatic rings. The minimum Gasteiger partial charge on any atom is -0.439 e. The Bertz CT molecular complexity index is 901. The number of hydrogen-bond donors (Lipinski definition) is 0. The number of nitrogens with zero attached hydrogens (tertiary/aromatic N) is 3. The number of carbonyl (C=O) groups excluding carboxylic acids is 3. The van der Waals surface area contributed by atoms with Gasteiger partial charge in [0.25, 0.3) is 17.4 Å². The topological polar surface area (TPSA) is 108 Å². The fourth-order valence-electron chi connectivity index (χ4n) is 2.45. The summed E-state index contributed by atoms with van der Waals surface area (Å²) in [6.07, 6.45) is 0. The van der Waals surface area contributed by atoms with Gasteiger partial charge in [0.2, 0.25) is 0 Å². The Kier molecular flexibility index (Phi) is 4.90. The summed E-state index contributed by atoms with van der Waals surface area (Å²) in [4.78, 5) is 49.1. The van der Waals surface area contributed by atoms with Crippen LogP contribution in [0.15, 0.2) is 41.2 Å². The van der Waals surface area contributed by atoms with Crippen molar-refractivity contribution in [1.82, 2.24) is 14.7 Å². The van der Waals surface area contributed by atoms with E-state index in [1.165, 1.54) is 31.4 Å². The number of fused-ring (bicyclic) bond motifs is 1. The van der Waals surface area contributed by atoms with Crippen LogP contribution in [-0.4, -0.2) is 52.9 Å². The average molecular weight is 357 g/mol. The molecule has 0 aliphatic carbocycles. The fourth-order valence-corrected chi connectivity index (χ4v) is 2.45. The van der Waals surface area contributed by atoms with Gasteiger partial charge in [0.1, 0.15) is 0 Å². The molecule has 9 heteroatoms. The highest BCUT2D eigenvalue weighted by atomic mass is 16.5. The molecular formula is C17H15N3O6. The molecule has 0 saturated heterocycles. The number of benzene rings is 1. The molecule has 2 heterocycles. The van der Waals surface area contributed by atoms with Crippen molar-refractivity contribution < 1.29 is 23.9 Å². The van der Waals surface area contributed by atoms with Crippen LogP contribution >= 0.6 is 0 Å². The first kappa shape index (κ1) is 17.5. The van der Waals surface area contributed by atoms with Gasteiger partial charge in [0.05, 0.1) is 24.3 Å². The molecule has 0 unspecified atom stereocenters. The lowest BCUT2D eigenvalue weighted by molar-refractivity contribution is 0.0221. The number of aromatic nitrogens is 2. The van der Waals surface area contributed by atoms with Crippen molar-refractivity contribution in [2.24, 2.45) is 0 Å². The van der Waals surface area contributed by atoms with E-state index in [4.69, 9.17) is 9.47 Å². The summed E-state index contributed by atoms with van der Waals surface area (Å²) in [6.45, 7) is -0.112. The van der Waals surface area contributed by atoms with Crippen LogP contribution in [0.2, 0.25) is 0 Å². The van der Waals surface area contributed by atoms with E-state index < -0.39 is 24.5 Å². The summed E-state index contributed by atoms with van der Waals surface area (Å²) in [7, 11) is 1.48. The lowest BCUT2D eigenvalue weighted by Crippen LogP contribution is -2.34. The number of hydrogen-bond acceptors (Lipinski definition) is 7. The quantitative estimate of drug-likeness (QED) is 0.540. The van der Waals surface area contributed by atoms with Crippen molar-refractivity contribution in [3.63, 3.8) is 0 Å². The van der Waals surface area contributed by atoms with Crippen molar-refractivity contribution >= 4 is 17.8 Å². The third-order valence-corrected chi connectivity index (χ3v) is 3.79. The summed E-state index contributed by atoms with van der Waals surface area (Å²) in [6, 6.07) is 8.76. The summed E-state index contributed by atoms with van der Waals surface area (Å²) in [5.74, 6) is -1.92. The van der Waals surface area contributed by atoms with Crippen LogP contribution in [0.1, 0.15) is 31.2 Å². The predicted molar refractivity (Wildman–Crippen MR) is 87.6 cm³/mol. The number of methoxy groups -OCH3 is 1. The Morgan fingerprint density at radius 3 is 2.31 bits per heavy atom. The lowest BCUT2D eigenvalue weighted by Gasteiger charge is -2.14. The third-order valence-electron chi connectivity index (χ3n) is 3.79. The molecule has 26 heavy (non-hydrogen) atoms. The number of ether oxygens (including phenoxy) is 2. The Hall–Kier alpha value is -3.33. The Morgan fingerprint density at radius 2 is 1.69 bits per heavy atom. The van der Waals surface area contributed by atoms with Crippen LogP contribution in [0, 0.1) is 0 Å². The second kappa shape index (κ2) is 7.28. The summed E-state index contributed by atoms with van der Waals surface area (Å²) >= 11 is 0. The van der Waals surface area contributed by atoms with E-state index in [1.807, 2.05) is 0 Å². The van der Waals surface area contributed by atoms with Crippen LogP contribution in [-0.2, 0) is 16.0 Å². The van der Waals surface area contributed by atoms with E-state index in [2.05, 4.69) is 5.10 Å². The molecule has 0 fully saturated rings. The minimum atomic E-state index is -0.854. The first-order valence-corrected chi connectivity index (χ1v) is 7.72. The molecule has 0 spiro atoms. The van der Waals surface area contributed by atoms with Crippen molar-refractivity contribution in [2.75, 3.05) is 20.4 Å². The van der Waals surface area contributed by atoms with Crippen LogP contribution in [0.5, 0.6) is 0 Å². The zero-order valence-electron chi connectivity index (χ0n) is 13.9. The van der Waals surface area contributed by atoms with Crippen molar-refractivity contribution in [3.05, 3.63) is 63.6 Å². The van der Waals surface area contributed by atoms with E-state index in [0.717, 1.165) is 9.58 Å². The van der Waals surface area contributed by atoms with Gasteiger partial charge in [-0.05, 0) is 18.2 Å². The number of amides is 2. The second-order valence-corrected chi connectivity index (χ2v) is 5.42. The Labute approximate surface area is 147 Å². The van der Waals surface area contributed by atoms with E-state index in [-0.39, 0.29) is 35.5 Å². The van der Waals surface area contributed by atoms with Gasteiger partial charge in [-0.2, -0.15) is 5.10 Å². The van der Waals surface area contributed by atoms with Gasteiger partial charge >= 0.3 is 5.97 Å². The van der Waals surface area contributed by atoms with Crippen LogP contribution < -0.4 is 5.56 Å². The molecular weight excluding hydrogens is 342 g/mol. The molecule has 9 nitrogen and oxygen atoms in total. The highest BCUT2D eigenvalue weighted by Gasteiger charge is 2.35. The highest BCUT2D eigenvalue weighted by molar-refractivity contribution is 6.21. The minimum absolute atomic E-state index is 0.114. The molecule has 134 valence electrons. The largest absolute Gasteiger partial charge is 0.439 e. The third kappa shape index (κ3) is 3.24. The molecule has 1 aromatic carbocycles. The number of esters is 1. The smallest absolute Gasteiger partial charge is 0.360 e. The van der Waals surface area contributed by atoms with Crippen molar-refractivity contribution in [1.29, 1.82) is 0 Å². The molecule has 1 aromatic heterocycles. The van der Waals surface area contributed by atoms with E-state index in [0.29, 0.717) is 0 Å². The predicted octanol–water partition coefficient (Wildman–Crippen LogP) is 0.300. The van der Waals surface area contributed by atoms with Gasteiger partial charge in [0, 0.05) is 13.2 Å². The maximum Gasteiger partial charge on any atom is 0.360 e. The fraction of sp³-hybridized carbons (Fsp3) is 0.235. The Morgan fingerprint density at radius 1 is 1.04 bits per heavy atom. The summed E-state index contributed by atoms with van der Waals surface area (Å²) in [5, 5.41) is 3.89. The maximum atomic E-state index is 12.2. The average Bonchev–Trinajstić information content (AvgIpc) is 2.90. The maximum absolute atomic E-state index is 12.2. The summed E-state index contributed by atoms with van der Waals surface area (Å²) in [5.41, 5.74) is 0.0239. The van der Waals surface area contributed by atoms with E-state index >= 15 is 0 Å². The van der Waals surface area contributed by atoms with Crippen molar-refractivity contribution in [3.8, 4) is 0 Å².